The van der Waals surface area contributed by atoms with Crippen LogP contribution in [0.5, 0.6) is 11.5 Å². The largest absolute Gasteiger partial charge is 0.508 e. The molecule has 3 aliphatic rings. The first-order valence-electron chi connectivity index (χ1n) is 14.7. The molecule has 0 fully saturated rings. The van der Waals surface area contributed by atoms with E-state index in [1.807, 2.05) is 68.4 Å². The first kappa shape index (κ1) is 28.3. The van der Waals surface area contributed by atoms with Gasteiger partial charge in [-0.3, -0.25) is 9.35 Å². The Morgan fingerprint density at radius 1 is 0.841 bits per heavy atom. The maximum atomic E-state index is 15.0. The van der Waals surface area contributed by atoms with Crippen LogP contribution >= 0.6 is 0 Å². The molecule has 0 saturated heterocycles. The van der Waals surface area contributed by atoms with E-state index in [2.05, 4.69) is 24.3 Å². The number of rotatable bonds is 5. The Morgan fingerprint density at radius 2 is 1.39 bits per heavy atom. The van der Waals surface area contributed by atoms with Gasteiger partial charge in [-0.25, -0.2) is 0 Å². The van der Waals surface area contributed by atoms with Crippen LogP contribution in [0.4, 0.5) is 0 Å². The van der Waals surface area contributed by atoms with E-state index in [1.165, 1.54) is 12.1 Å². The summed E-state index contributed by atoms with van der Waals surface area (Å²) in [6.07, 6.45) is 0.385. The summed E-state index contributed by atoms with van der Waals surface area (Å²) in [4.78, 5) is 14.8. The molecular formula is C37H32O6S. The number of hydrogen-bond donors (Lipinski definition) is 2. The monoisotopic (exact) mass is 604 g/mol. The number of phenols is 1. The molecule has 8 rings (SSSR count). The summed E-state index contributed by atoms with van der Waals surface area (Å²) >= 11 is 0. The van der Waals surface area contributed by atoms with Crippen molar-refractivity contribution in [1.29, 1.82) is 0 Å². The SMILES string of the molecule is Cc1cc(S(=O)(=O)O)c(C(C)C)cc1OC(=O)C1(c2cc3ccccc3cc2O)CC2c3ccccc3C1c1ccccc12. The second-order valence-corrected chi connectivity index (χ2v) is 13.7. The molecule has 0 aromatic heterocycles. The summed E-state index contributed by atoms with van der Waals surface area (Å²) in [6.45, 7) is 5.28. The Morgan fingerprint density at radius 3 is 1.95 bits per heavy atom. The minimum absolute atomic E-state index is 0.0180. The molecule has 0 amide bonds. The van der Waals surface area contributed by atoms with Crippen molar-refractivity contribution in [2.45, 2.75) is 55.3 Å². The van der Waals surface area contributed by atoms with Gasteiger partial charge in [-0.1, -0.05) is 86.6 Å². The smallest absolute Gasteiger partial charge is 0.323 e. The number of fused-ring (bicyclic) bond motifs is 2. The third-order valence-corrected chi connectivity index (χ3v) is 10.4. The van der Waals surface area contributed by atoms with Gasteiger partial charge in [0.1, 0.15) is 16.9 Å². The first-order valence-corrected chi connectivity index (χ1v) is 16.2. The molecule has 0 saturated carbocycles. The number of carbonyl (C=O) groups is 1. The molecule has 1 unspecified atom stereocenters. The summed E-state index contributed by atoms with van der Waals surface area (Å²) in [6, 6.07) is 30.6. The van der Waals surface area contributed by atoms with Crippen molar-refractivity contribution in [1.82, 2.24) is 0 Å². The van der Waals surface area contributed by atoms with Crippen LogP contribution in [0.1, 0.15) is 77.0 Å². The van der Waals surface area contributed by atoms with E-state index in [0.717, 1.165) is 33.0 Å². The highest BCUT2D eigenvalue weighted by atomic mass is 32.2. The van der Waals surface area contributed by atoms with Crippen LogP contribution in [0.2, 0.25) is 0 Å². The minimum Gasteiger partial charge on any atom is -0.508 e. The van der Waals surface area contributed by atoms with Crippen LogP contribution in [0.3, 0.4) is 0 Å². The van der Waals surface area contributed by atoms with Crippen LogP contribution in [-0.4, -0.2) is 24.0 Å². The van der Waals surface area contributed by atoms with E-state index in [1.54, 1.807) is 13.0 Å². The molecule has 0 aliphatic heterocycles. The normalized spacial score (nSPS) is 20.4. The molecule has 0 radical (unpaired) electrons. The molecular weight excluding hydrogens is 572 g/mol. The molecule has 6 nitrogen and oxygen atoms in total. The molecule has 2 N–H and O–H groups in total. The number of ether oxygens (including phenoxy) is 1. The fourth-order valence-corrected chi connectivity index (χ4v) is 8.44. The number of phenolic OH excluding ortho intramolecular Hbond substituents is 1. The Labute approximate surface area is 256 Å². The maximum Gasteiger partial charge on any atom is 0.323 e. The van der Waals surface area contributed by atoms with Crippen molar-refractivity contribution in [3.63, 3.8) is 0 Å². The van der Waals surface area contributed by atoms with E-state index >= 15 is 4.79 Å². The van der Waals surface area contributed by atoms with Gasteiger partial charge in [0, 0.05) is 17.4 Å². The van der Waals surface area contributed by atoms with Crippen molar-refractivity contribution in [2.24, 2.45) is 0 Å². The lowest BCUT2D eigenvalue weighted by atomic mass is 9.50. The van der Waals surface area contributed by atoms with Crippen molar-refractivity contribution in [3.8, 4) is 11.5 Å². The molecule has 5 aromatic carbocycles. The maximum absolute atomic E-state index is 15.0. The van der Waals surface area contributed by atoms with Crippen molar-refractivity contribution >= 4 is 26.9 Å². The lowest BCUT2D eigenvalue weighted by molar-refractivity contribution is -0.143. The average Bonchev–Trinajstić information content (AvgIpc) is 3.00. The zero-order valence-electron chi connectivity index (χ0n) is 24.6. The Bertz CT molecular complexity index is 2050. The topological polar surface area (TPSA) is 101 Å². The van der Waals surface area contributed by atoms with E-state index in [0.29, 0.717) is 23.1 Å². The van der Waals surface area contributed by atoms with Gasteiger partial charge in [0.15, 0.2) is 0 Å². The highest BCUT2D eigenvalue weighted by molar-refractivity contribution is 7.85. The summed E-state index contributed by atoms with van der Waals surface area (Å²) in [5.74, 6) is -1.12. The summed E-state index contributed by atoms with van der Waals surface area (Å²) < 4.78 is 40.7. The number of carbonyl (C=O) groups excluding carboxylic acids is 1. The van der Waals surface area contributed by atoms with E-state index < -0.39 is 27.4 Å². The van der Waals surface area contributed by atoms with Crippen LogP contribution in [-0.2, 0) is 20.3 Å². The molecule has 7 heteroatoms. The summed E-state index contributed by atoms with van der Waals surface area (Å²) in [7, 11) is -4.50. The van der Waals surface area contributed by atoms with Crippen molar-refractivity contribution in [2.75, 3.05) is 0 Å². The van der Waals surface area contributed by atoms with Gasteiger partial charge in [-0.05, 0) is 87.7 Å². The zero-order valence-corrected chi connectivity index (χ0v) is 25.4. The fraction of sp³-hybridized carbons (Fsp3) is 0.216. The van der Waals surface area contributed by atoms with Crippen LogP contribution in [0.25, 0.3) is 10.8 Å². The third kappa shape index (κ3) is 4.18. The quantitative estimate of drug-likeness (QED) is 0.121. The highest BCUT2D eigenvalue weighted by Crippen LogP contribution is 2.63. The second-order valence-electron chi connectivity index (χ2n) is 12.3. The standard InChI is InChI=1S/C37H32O6S/c1-21(2)29-19-33(22(3)16-34(29)44(40,41)42)43-36(39)37(31-17-23-10-4-5-11-24(23)18-32(31)38)20-30-25-12-6-8-14-27(25)35(37)28-15-9-7-13-26(28)30/h4-19,21,30,35,38H,20H2,1-3H3,(H,40,41,42). The van der Waals surface area contributed by atoms with Gasteiger partial charge in [0.2, 0.25) is 0 Å². The molecule has 2 bridgehead atoms. The molecule has 0 spiro atoms. The van der Waals surface area contributed by atoms with E-state index in [9.17, 15) is 18.1 Å². The molecule has 44 heavy (non-hydrogen) atoms. The molecule has 5 aromatic rings. The number of aryl methyl sites for hydroxylation is 1. The van der Waals surface area contributed by atoms with Gasteiger partial charge in [-0.15, -0.1) is 0 Å². The Kier molecular flexibility index (Phi) is 6.46. The van der Waals surface area contributed by atoms with E-state index in [-0.39, 0.29) is 28.2 Å². The molecule has 1 atom stereocenters. The third-order valence-electron chi connectivity index (χ3n) is 9.50. The van der Waals surface area contributed by atoms with Gasteiger partial charge in [-0.2, -0.15) is 8.42 Å². The number of esters is 1. The minimum atomic E-state index is -4.50. The van der Waals surface area contributed by atoms with Crippen molar-refractivity contribution < 1.29 is 27.6 Å². The van der Waals surface area contributed by atoms with Crippen molar-refractivity contribution in [3.05, 3.63) is 136 Å². The zero-order chi connectivity index (χ0) is 31.0. The lowest BCUT2D eigenvalue weighted by Crippen LogP contribution is -2.51. The predicted octanol–water partition coefficient (Wildman–Crippen LogP) is 7.75. The Balaban J connectivity index is 1.48. The molecule has 0 heterocycles. The first-order chi connectivity index (χ1) is 21.0. The van der Waals surface area contributed by atoms with Gasteiger partial charge >= 0.3 is 5.97 Å². The summed E-state index contributed by atoms with van der Waals surface area (Å²) in [5.41, 5.74) is 4.32. The number of benzene rings is 5. The lowest BCUT2D eigenvalue weighted by Gasteiger charge is -2.52. The van der Waals surface area contributed by atoms with Gasteiger partial charge in [0.25, 0.3) is 10.1 Å². The Hall–Kier alpha value is -4.46. The van der Waals surface area contributed by atoms with Gasteiger partial charge in [0.05, 0.1) is 4.90 Å². The molecule has 3 aliphatic carbocycles. The van der Waals surface area contributed by atoms with Crippen LogP contribution < -0.4 is 4.74 Å². The average molecular weight is 605 g/mol. The number of hydrogen-bond acceptors (Lipinski definition) is 5. The van der Waals surface area contributed by atoms with Crippen LogP contribution in [0.15, 0.2) is 102 Å². The van der Waals surface area contributed by atoms with Gasteiger partial charge < -0.3 is 9.84 Å². The number of aromatic hydroxyl groups is 1. The van der Waals surface area contributed by atoms with E-state index in [4.69, 9.17) is 4.74 Å². The fourth-order valence-electron chi connectivity index (χ4n) is 7.52. The highest BCUT2D eigenvalue weighted by Gasteiger charge is 2.59. The molecule has 222 valence electrons. The predicted molar refractivity (Wildman–Crippen MR) is 169 cm³/mol. The van der Waals surface area contributed by atoms with Crippen LogP contribution in [0, 0.1) is 6.92 Å². The second kappa shape index (κ2) is 10.0. The summed E-state index contributed by atoms with van der Waals surface area (Å²) in [5, 5.41) is 13.4.